The summed E-state index contributed by atoms with van der Waals surface area (Å²) in [6.07, 6.45) is 7.14. The van der Waals surface area contributed by atoms with E-state index in [9.17, 15) is 0 Å². The van der Waals surface area contributed by atoms with Gasteiger partial charge < -0.3 is 0 Å². The number of rotatable bonds is 5. The molecular formula is C12H20. The lowest BCUT2D eigenvalue weighted by Crippen LogP contribution is -1.98. The third-order valence-corrected chi connectivity index (χ3v) is 3.91. The van der Waals surface area contributed by atoms with Crippen LogP contribution in [0.2, 0.25) is 0 Å². The molecule has 0 spiro atoms. The number of allylic oxidation sites excluding steroid dienone is 1. The third-order valence-electron chi connectivity index (χ3n) is 3.91. The molecule has 0 saturated heterocycles. The number of hydrogen-bond acceptors (Lipinski definition) is 0. The average Bonchev–Trinajstić information content (AvgIpc) is 2.84. The maximum atomic E-state index is 3.98. The van der Waals surface area contributed by atoms with Crippen molar-refractivity contribution in [3.8, 4) is 0 Å². The summed E-state index contributed by atoms with van der Waals surface area (Å²) in [4.78, 5) is 0. The van der Waals surface area contributed by atoms with E-state index in [4.69, 9.17) is 0 Å². The van der Waals surface area contributed by atoms with Crippen LogP contribution < -0.4 is 0 Å². The molecular weight excluding hydrogens is 144 g/mol. The highest BCUT2D eigenvalue weighted by Crippen LogP contribution is 2.83. The van der Waals surface area contributed by atoms with Crippen LogP contribution in [0.5, 0.6) is 0 Å². The molecule has 0 heterocycles. The van der Waals surface area contributed by atoms with Crippen molar-refractivity contribution in [2.75, 3.05) is 0 Å². The van der Waals surface area contributed by atoms with Gasteiger partial charge in [0.25, 0.3) is 0 Å². The number of fused-ring (bicyclic) bond motifs is 1. The van der Waals surface area contributed by atoms with E-state index in [1.807, 2.05) is 0 Å². The smallest absolute Gasteiger partial charge is 0.0229 e. The zero-order chi connectivity index (χ0) is 8.77. The molecule has 3 atom stereocenters. The summed E-state index contributed by atoms with van der Waals surface area (Å²) in [5, 5.41) is 0. The van der Waals surface area contributed by atoms with Crippen molar-refractivity contribution in [2.45, 2.75) is 46.0 Å². The quantitative estimate of drug-likeness (QED) is 0.542. The summed E-state index contributed by atoms with van der Waals surface area (Å²) >= 11 is 0. The van der Waals surface area contributed by atoms with Crippen molar-refractivity contribution in [2.24, 2.45) is 17.3 Å². The molecule has 0 bridgehead atoms. The molecule has 12 heavy (non-hydrogen) atoms. The standard InChI is InChI=1S/C12H20/c1-4-5-10-11-8-12(10,11)7-6-9(2)3/h10-11H,2,4-8H2,1,3H3. The summed E-state index contributed by atoms with van der Waals surface area (Å²) in [5.74, 6) is 2.28. The van der Waals surface area contributed by atoms with Crippen LogP contribution >= 0.6 is 0 Å². The molecule has 0 aromatic heterocycles. The van der Waals surface area contributed by atoms with E-state index in [0.717, 1.165) is 17.3 Å². The Morgan fingerprint density at radius 1 is 1.58 bits per heavy atom. The molecule has 68 valence electrons. The van der Waals surface area contributed by atoms with Crippen LogP contribution in [0.4, 0.5) is 0 Å². The second-order valence-electron chi connectivity index (χ2n) is 4.90. The van der Waals surface area contributed by atoms with E-state index >= 15 is 0 Å². The highest BCUT2D eigenvalue weighted by atomic mass is 14.8. The molecule has 2 rings (SSSR count). The molecule has 0 amide bonds. The molecule has 2 saturated carbocycles. The van der Waals surface area contributed by atoms with E-state index < -0.39 is 0 Å². The normalized spacial score (nSPS) is 42.2. The monoisotopic (exact) mass is 164 g/mol. The van der Waals surface area contributed by atoms with Crippen molar-refractivity contribution in [1.29, 1.82) is 0 Å². The maximum absolute atomic E-state index is 3.98. The maximum Gasteiger partial charge on any atom is -0.0229 e. The van der Waals surface area contributed by atoms with Gasteiger partial charge in [-0.1, -0.05) is 18.9 Å². The first-order valence-electron chi connectivity index (χ1n) is 5.35. The SMILES string of the molecule is C=C(C)CCC12CC1C2CCC. The van der Waals surface area contributed by atoms with Gasteiger partial charge in [-0.15, -0.1) is 6.58 Å². The highest BCUT2D eigenvalue weighted by Gasteiger charge is 2.76. The third kappa shape index (κ3) is 1.12. The van der Waals surface area contributed by atoms with E-state index in [1.54, 1.807) is 6.42 Å². The van der Waals surface area contributed by atoms with Crippen molar-refractivity contribution in [3.05, 3.63) is 12.2 Å². The van der Waals surface area contributed by atoms with Gasteiger partial charge in [0.05, 0.1) is 0 Å². The van der Waals surface area contributed by atoms with Gasteiger partial charge in [0, 0.05) is 0 Å². The Labute approximate surface area is 76.1 Å². The van der Waals surface area contributed by atoms with Crippen molar-refractivity contribution >= 4 is 0 Å². The van der Waals surface area contributed by atoms with Crippen LogP contribution in [-0.2, 0) is 0 Å². The van der Waals surface area contributed by atoms with Crippen LogP contribution in [0, 0.1) is 17.3 Å². The molecule has 0 N–H and O–H groups in total. The average molecular weight is 164 g/mol. The Balaban J connectivity index is 1.73. The summed E-state index contributed by atoms with van der Waals surface area (Å²) in [5.41, 5.74) is 2.23. The van der Waals surface area contributed by atoms with Gasteiger partial charge >= 0.3 is 0 Å². The summed E-state index contributed by atoms with van der Waals surface area (Å²) in [7, 11) is 0. The van der Waals surface area contributed by atoms with Crippen LogP contribution in [-0.4, -0.2) is 0 Å². The Bertz CT molecular complexity index is 204. The van der Waals surface area contributed by atoms with Crippen LogP contribution in [0.25, 0.3) is 0 Å². The minimum atomic E-state index is 0.856. The Kier molecular flexibility index (Phi) is 1.82. The first-order chi connectivity index (χ1) is 5.70. The molecule has 0 heteroatoms. The fourth-order valence-electron chi connectivity index (χ4n) is 2.87. The van der Waals surface area contributed by atoms with Gasteiger partial charge in [-0.25, -0.2) is 0 Å². The predicted molar refractivity (Wildman–Crippen MR) is 53.0 cm³/mol. The molecule has 0 aromatic rings. The van der Waals surface area contributed by atoms with E-state index in [-0.39, 0.29) is 0 Å². The fourth-order valence-corrected chi connectivity index (χ4v) is 2.87. The molecule has 2 aliphatic carbocycles. The Morgan fingerprint density at radius 3 is 2.83 bits per heavy atom. The van der Waals surface area contributed by atoms with Crippen molar-refractivity contribution < 1.29 is 0 Å². The van der Waals surface area contributed by atoms with Crippen molar-refractivity contribution in [1.82, 2.24) is 0 Å². The second kappa shape index (κ2) is 2.61. The van der Waals surface area contributed by atoms with Crippen LogP contribution in [0.1, 0.15) is 46.0 Å². The first-order valence-corrected chi connectivity index (χ1v) is 5.35. The zero-order valence-electron chi connectivity index (χ0n) is 8.40. The Morgan fingerprint density at radius 2 is 2.33 bits per heavy atom. The zero-order valence-corrected chi connectivity index (χ0v) is 8.40. The highest BCUT2D eigenvalue weighted by molar-refractivity contribution is 5.25. The van der Waals surface area contributed by atoms with Crippen LogP contribution in [0.3, 0.4) is 0 Å². The molecule has 0 nitrogen and oxygen atoms in total. The lowest BCUT2D eigenvalue weighted by molar-refractivity contribution is 0.431. The molecule has 0 aliphatic heterocycles. The molecule has 0 radical (unpaired) electrons. The van der Waals surface area contributed by atoms with E-state index in [1.165, 1.54) is 31.3 Å². The second-order valence-corrected chi connectivity index (χ2v) is 4.90. The van der Waals surface area contributed by atoms with Gasteiger partial charge in [-0.3, -0.25) is 0 Å². The fraction of sp³-hybridized carbons (Fsp3) is 0.833. The minimum Gasteiger partial charge on any atom is -0.100 e. The molecule has 0 aromatic carbocycles. The largest absolute Gasteiger partial charge is 0.100 e. The lowest BCUT2D eigenvalue weighted by Gasteiger charge is -2.10. The summed E-state index contributed by atoms with van der Waals surface area (Å²) < 4.78 is 0. The van der Waals surface area contributed by atoms with Gasteiger partial charge in [-0.05, 0) is 49.9 Å². The molecule has 3 unspecified atom stereocenters. The topological polar surface area (TPSA) is 0 Å². The molecule has 2 fully saturated rings. The van der Waals surface area contributed by atoms with Gasteiger partial charge in [0.2, 0.25) is 0 Å². The van der Waals surface area contributed by atoms with E-state index in [0.29, 0.717) is 0 Å². The lowest BCUT2D eigenvalue weighted by atomic mass is 9.95. The van der Waals surface area contributed by atoms with Gasteiger partial charge in [0.15, 0.2) is 0 Å². The van der Waals surface area contributed by atoms with Gasteiger partial charge in [0.1, 0.15) is 0 Å². The van der Waals surface area contributed by atoms with Gasteiger partial charge in [-0.2, -0.15) is 0 Å². The van der Waals surface area contributed by atoms with E-state index in [2.05, 4.69) is 20.4 Å². The predicted octanol–water partition coefficient (Wildman–Crippen LogP) is 3.78. The van der Waals surface area contributed by atoms with Crippen molar-refractivity contribution in [3.63, 3.8) is 0 Å². The molecule has 2 aliphatic rings. The summed E-state index contributed by atoms with van der Waals surface area (Å²) in [6.45, 7) is 8.44. The first kappa shape index (κ1) is 8.34. The number of hydrogen-bond donors (Lipinski definition) is 0. The van der Waals surface area contributed by atoms with Crippen LogP contribution in [0.15, 0.2) is 12.2 Å². The Hall–Kier alpha value is -0.260. The summed E-state index contributed by atoms with van der Waals surface area (Å²) in [6, 6.07) is 0. The minimum absolute atomic E-state index is 0.856.